The Morgan fingerprint density at radius 1 is 1.35 bits per heavy atom. The highest BCUT2D eigenvalue weighted by Crippen LogP contribution is 2.32. The molecule has 2 rings (SSSR count). The summed E-state index contributed by atoms with van der Waals surface area (Å²) >= 11 is 3.05. The Balaban J connectivity index is 1.91. The van der Waals surface area contributed by atoms with Gasteiger partial charge in [0.15, 0.2) is 0 Å². The van der Waals surface area contributed by atoms with Crippen molar-refractivity contribution in [1.29, 1.82) is 0 Å². The number of benzene rings is 1. The number of ether oxygens (including phenoxy) is 1. The quantitative estimate of drug-likeness (QED) is 0.895. The average Bonchev–Trinajstić information content (AvgIpc) is 2.84. The third-order valence-corrected chi connectivity index (χ3v) is 3.01. The summed E-state index contributed by atoms with van der Waals surface area (Å²) in [7, 11) is 0. The van der Waals surface area contributed by atoms with Gasteiger partial charge in [0.2, 0.25) is 0 Å². The van der Waals surface area contributed by atoms with E-state index in [1.54, 1.807) is 10.9 Å². The third-order valence-electron chi connectivity index (χ3n) is 2.39. The smallest absolute Gasteiger partial charge is 0.405 e. The average molecular weight is 350 g/mol. The minimum Gasteiger partial charge on any atom is -0.405 e. The Morgan fingerprint density at radius 3 is 2.75 bits per heavy atom. The first-order valence-electron chi connectivity index (χ1n) is 5.71. The van der Waals surface area contributed by atoms with Gasteiger partial charge in [-0.05, 0) is 40.2 Å². The van der Waals surface area contributed by atoms with Crippen molar-refractivity contribution in [3.05, 3.63) is 41.1 Å². The fraction of sp³-hybridized carbons (Fsp3) is 0.250. The predicted molar refractivity (Wildman–Crippen MR) is 71.5 cm³/mol. The third kappa shape index (κ3) is 4.44. The first-order chi connectivity index (χ1) is 9.44. The van der Waals surface area contributed by atoms with Crippen molar-refractivity contribution in [2.24, 2.45) is 0 Å². The van der Waals surface area contributed by atoms with Crippen LogP contribution in [0.1, 0.15) is 0 Å². The Labute approximate surface area is 121 Å². The highest BCUT2D eigenvalue weighted by Gasteiger charge is 2.31. The normalized spacial score (nSPS) is 11.4. The zero-order chi connectivity index (χ0) is 14.6. The fourth-order valence-corrected chi connectivity index (χ4v) is 2.03. The number of anilines is 1. The second-order valence-corrected chi connectivity index (χ2v) is 4.74. The molecule has 0 amide bonds. The monoisotopic (exact) mass is 349 g/mol. The molecule has 0 aliphatic heterocycles. The first kappa shape index (κ1) is 14.7. The SMILES string of the molecule is FC(F)(F)Oc1ccc(NCCn2cccn2)cc1Br. The maximum atomic E-state index is 12.1. The van der Waals surface area contributed by atoms with E-state index in [1.165, 1.54) is 18.2 Å². The van der Waals surface area contributed by atoms with E-state index in [4.69, 9.17) is 0 Å². The molecule has 108 valence electrons. The summed E-state index contributed by atoms with van der Waals surface area (Å²) in [6.45, 7) is 1.26. The van der Waals surface area contributed by atoms with Crippen LogP contribution in [0.5, 0.6) is 5.75 Å². The topological polar surface area (TPSA) is 39.1 Å². The lowest BCUT2D eigenvalue weighted by molar-refractivity contribution is -0.274. The number of nitrogens with zero attached hydrogens (tertiary/aromatic N) is 2. The van der Waals surface area contributed by atoms with E-state index in [-0.39, 0.29) is 10.2 Å². The molecule has 0 fully saturated rings. The van der Waals surface area contributed by atoms with Gasteiger partial charge in [-0.25, -0.2) is 0 Å². The van der Waals surface area contributed by atoms with Crippen LogP contribution in [0.3, 0.4) is 0 Å². The van der Waals surface area contributed by atoms with Gasteiger partial charge in [0.1, 0.15) is 5.75 Å². The highest BCUT2D eigenvalue weighted by molar-refractivity contribution is 9.10. The first-order valence-corrected chi connectivity index (χ1v) is 6.50. The summed E-state index contributed by atoms with van der Waals surface area (Å²) in [6, 6.07) is 6.13. The predicted octanol–water partition coefficient (Wildman–Crippen LogP) is 3.66. The molecule has 1 aromatic carbocycles. The standard InChI is InChI=1S/C12H11BrF3N3O/c13-10-8-9(2-3-11(10)20-12(14,15)16)17-5-7-19-6-1-4-18-19/h1-4,6,8,17H,5,7H2. The van der Waals surface area contributed by atoms with Gasteiger partial charge in [-0.15, -0.1) is 13.2 Å². The molecule has 0 aliphatic rings. The van der Waals surface area contributed by atoms with Crippen LogP contribution in [-0.4, -0.2) is 22.7 Å². The molecule has 0 saturated carbocycles. The molecular formula is C12H11BrF3N3O. The molecule has 1 N–H and O–H groups in total. The van der Waals surface area contributed by atoms with E-state index in [9.17, 15) is 13.2 Å². The van der Waals surface area contributed by atoms with Crippen LogP contribution in [0.15, 0.2) is 41.1 Å². The number of hydrogen-bond acceptors (Lipinski definition) is 3. The number of aromatic nitrogens is 2. The van der Waals surface area contributed by atoms with Gasteiger partial charge < -0.3 is 10.1 Å². The van der Waals surface area contributed by atoms with Crippen molar-refractivity contribution in [1.82, 2.24) is 9.78 Å². The Morgan fingerprint density at radius 2 is 2.15 bits per heavy atom. The van der Waals surface area contributed by atoms with Gasteiger partial charge in [0, 0.05) is 24.6 Å². The highest BCUT2D eigenvalue weighted by atomic mass is 79.9. The lowest BCUT2D eigenvalue weighted by Crippen LogP contribution is -2.17. The Kier molecular flexibility index (Phi) is 4.53. The molecule has 0 unspecified atom stereocenters. The van der Waals surface area contributed by atoms with Crippen molar-refractivity contribution in [3.8, 4) is 5.75 Å². The van der Waals surface area contributed by atoms with Crippen LogP contribution >= 0.6 is 15.9 Å². The van der Waals surface area contributed by atoms with Gasteiger partial charge in [0.25, 0.3) is 0 Å². The summed E-state index contributed by atoms with van der Waals surface area (Å²) < 4.78 is 42.2. The molecular weight excluding hydrogens is 339 g/mol. The summed E-state index contributed by atoms with van der Waals surface area (Å²) in [5, 5.41) is 7.13. The van der Waals surface area contributed by atoms with Crippen molar-refractivity contribution in [2.45, 2.75) is 12.9 Å². The van der Waals surface area contributed by atoms with Crippen LogP contribution in [0.2, 0.25) is 0 Å². The van der Waals surface area contributed by atoms with E-state index < -0.39 is 6.36 Å². The molecule has 1 heterocycles. The van der Waals surface area contributed by atoms with Crippen molar-refractivity contribution >= 4 is 21.6 Å². The molecule has 0 bridgehead atoms. The van der Waals surface area contributed by atoms with Crippen LogP contribution in [0, 0.1) is 0 Å². The van der Waals surface area contributed by atoms with Gasteiger partial charge in [-0.2, -0.15) is 5.10 Å². The summed E-state index contributed by atoms with van der Waals surface area (Å²) in [5.41, 5.74) is 0.693. The molecule has 0 aliphatic carbocycles. The van der Waals surface area contributed by atoms with E-state index in [0.717, 1.165) is 0 Å². The van der Waals surface area contributed by atoms with E-state index in [2.05, 4.69) is 31.1 Å². The molecule has 0 spiro atoms. The second kappa shape index (κ2) is 6.17. The van der Waals surface area contributed by atoms with Gasteiger partial charge in [-0.3, -0.25) is 4.68 Å². The minimum atomic E-state index is -4.70. The van der Waals surface area contributed by atoms with E-state index in [1.807, 2.05) is 12.3 Å². The molecule has 1 aromatic heterocycles. The number of rotatable bonds is 5. The molecule has 0 saturated heterocycles. The summed E-state index contributed by atoms with van der Waals surface area (Å²) in [6.07, 6.45) is -1.19. The Hall–Kier alpha value is -1.70. The lowest BCUT2D eigenvalue weighted by Gasteiger charge is -2.12. The molecule has 8 heteroatoms. The summed E-state index contributed by atoms with van der Waals surface area (Å²) in [5.74, 6) is -0.268. The van der Waals surface area contributed by atoms with Crippen LogP contribution in [-0.2, 0) is 6.54 Å². The number of alkyl halides is 3. The number of halogens is 4. The molecule has 20 heavy (non-hydrogen) atoms. The van der Waals surface area contributed by atoms with Crippen LogP contribution in [0.25, 0.3) is 0 Å². The maximum Gasteiger partial charge on any atom is 0.573 e. The lowest BCUT2D eigenvalue weighted by atomic mass is 10.3. The molecule has 4 nitrogen and oxygen atoms in total. The van der Waals surface area contributed by atoms with Crippen LogP contribution < -0.4 is 10.1 Å². The van der Waals surface area contributed by atoms with Gasteiger partial charge in [0.05, 0.1) is 11.0 Å². The second-order valence-electron chi connectivity index (χ2n) is 3.89. The van der Waals surface area contributed by atoms with E-state index >= 15 is 0 Å². The largest absolute Gasteiger partial charge is 0.573 e. The van der Waals surface area contributed by atoms with Crippen LogP contribution in [0.4, 0.5) is 18.9 Å². The van der Waals surface area contributed by atoms with Crippen molar-refractivity contribution < 1.29 is 17.9 Å². The molecule has 0 radical (unpaired) electrons. The van der Waals surface area contributed by atoms with Crippen molar-refractivity contribution in [3.63, 3.8) is 0 Å². The number of nitrogens with one attached hydrogen (secondary N) is 1. The molecule has 2 aromatic rings. The van der Waals surface area contributed by atoms with E-state index in [0.29, 0.717) is 18.8 Å². The summed E-state index contributed by atoms with van der Waals surface area (Å²) in [4.78, 5) is 0. The minimum absolute atomic E-state index is 0.235. The zero-order valence-electron chi connectivity index (χ0n) is 10.2. The maximum absolute atomic E-state index is 12.1. The zero-order valence-corrected chi connectivity index (χ0v) is 11.8. The fourth-order valence-electron chi connectivity index (χ4n) is 1.57. The van der Waals surface area contributed by atoms with Gasteiger partial charge in [-0.1, -0.05) is 0 Å². The molecule has 0 atom stereocenters. The van der Waals surface area contributed by atoms with Gasteiger partial charge >= 0.3 is 6.36 Å². The Bertz CT molecular complexity index is 558. The number of hydrogen-bond donors (Lipinski definition) is 1. The van der Waals surface area contributed by atoms with Crippen molar-refractivity contribution in [2.75, 3.05) is 11.9 Å².